The third-order valence-corrected chi connectivity index (χ3v) is 3.87. The highest BCUT2D eigenvalue weighted by molar-refractivity contribution is 6.30. The van der Waals surface area contributed by atoms with E-state index in [1.165, 1.54) is 16.8 Å². The molecule has 0 amide bonds. The van der Waals surface area contributed by atoms with E-state index in [-0.39, 0.29) is 11.6 Å². The highest BCUT2D eigenvalue weighted by atomic mass is 35.5. The number of aromatic nitrogens is 3. The standard InChI is InChI=1S/C16H10Cl2F3N3/c17-9-14-15(10-3-1-5-12(18)7-10)24(23-22-14)13-6-2-4-11(8-13)16(19,20)21/h1-8H,9H2. The van der Waals surface area contributed by atoms with Gasteiger partial charge in [-0.05, 0) is 30.3 Å². The van der Waals surface area contributed by atoms with Crippen molar-refractivity contribution in [2.75, 3.05) is 0 Å². The molecule has 0 saturated carbocycles. The van der Waals surface area contributed by atoms with E-state index in [2.05, 4.69) is 10.3 Å². The molecule has 0 aliphatic carbocycles. The monoisotopic (exact) mass is 371 g/mol. The van der Waals surface area contributed by atoms with Crippen LogP contribution in [-0.4, -0.2) is 15.0 Å². The Bertz CT molecular complexity index is 875. The first-order valence-corrected chi connectivity index (χ1v) is 7.75. The Balaban J connectivity index is 2.18. The van der Waals surface area contributed by atoms with Crippen molar-refractivity contribution in [1.29, 1.82) is 0 Å². The van der Waals surface area contributed by atoms with E-state index in [1.54, 1.807) is 24.3 Å². The molecule has 0 N–H and O–H groups in total. The molecule has 3 nitrogen and oxygen atoms in total. The molecule has 0 aliphatic rings. The number of hydrogen-bond acceptors (Lipinski definition) is 2. The van der Waals surface area contributed by atoms with Gasteiger partial charge in [0.15, 0.2) is 0 Å². The van der Waals surface area contributed by atoms with Gasteiger partial charge >= 0.3 is 6.18 Å². The summed E-state index contributed by atoms with van der Waals surface area (Å²) in [6.07, 6.45) is -4.44. The lowest BCUT2D eigenvalue weighted by molar-refractivity contribution is -0.137. The van der Waals surface area contributed by atoms with Crippen molar-refractivity contribution >= 4 is 23.2 Å². The molecule has 0 aliphatic heterocycles. The lowest BCUT2D eigenvalue weighted by atomic mass is 10.1. The van der Waals surface area contributed by atoms with E-state index in [0.29, 0.717) is 22.0 Å². The second-order valence-corrected chi connectivity index (χ2v) is 5.69. The summed E-state index contributed by atoms with van der Waals surface area (Å²) < 4.78 is 40.2. The van der Waals surface area contributed by atoms with E-state index in [0.717, 1.165) is 12.1 Å². The van der Waals surface area contributed by atoms with Gasteiger partial charge < -0.3 is 0 Å². The molecule has 124 valence electrons. The fourth-order valence-electron chi connectivity index (χ4n) is 2.32. The van der Waals surface area contributed by atoms with E-state index in [4.69, 9.17) is 23.2 Å². The highest BCUT2D eigenvalue weighted by Crippen LogP contribution is 2.32. The molecule has 3 rings (SSSR count). The first-order chi connectivity index (χ1) is 11.4. The van der Waals surface area contributed by atoms with E-state index in [9.17, 15) is 13.2 Å². The van der Waals surface area contributed by atoms with Gasteiger partial charge in [0.25, 0.3) is 0 Å². The summed E-state index contributed by atoms with van der Waals surface area (Å²) >= 11 is 11.9. The SMILES string of the molecule is FC(F)(F)c1cccc(-n2nnc(CCl)c2-c2cccc(Cl)c2)c1. The average molecular weight is 372 g/mol. The van der Waals surface area contributed by atoms with Crippen molar-refractivity contribution in [2.24, 2.45) is 0 Å². The van der Waals surface area contributed by atoms with Crippen LogP contribution in [0, 0.1) is 0 Å². The smallest absolute Gasteiger partial charge is 0.213 e. The molecule has 0 spiro atoms. The zero-order valence-electron chi connectivity index (χ0n) is 12.1. The van der Waals surface area contributed by atoms with Crippen LogP contribution in [0.5, 0.6) is 0 Å². The average Bonchev–Trinajstić information content (AvgIpc) is 2.98. The van der Waals surface area contributed by atoms with Gasteiger partial charge in [-0.15, -0.1) is 16.7 Å². The van der Waals surface area contributed by atoms with Crippen molar-refractivity contribution in [3.05, 3.63) is 64.8 Å². The zero-order chi connectivity index (χ0) is 17.3. The molecule has 3 aromatic rings. The molecule has 1 aromatic heterocycles. The number of rotatable bonds is 3. The maximum absolute atomic E-state index is 12.9. The minimum atomic E-state index is -4.44. The third kappa shape index (κ3) is 3.25. The Morgan fingerprint density at radius 3 is 2.46 bits per heavy atom. The summed E-state index contributed by atoms with van der Waals surface area (Å²) in [4.78, 5) is 0. The Morgan fingerprint density at radius 2 is 1.79 bits per heavy atom. The van der Waals surface area contributed by atoms with Crippen molar-refractivity contribution in [3.63, 3.8) is 0 Å². The predicted molar refractivity (Wildman–Crippen MR) is 86.4 cm³/mol. The van der Waals surface area contributed by atoms with Gasteiger partial charge in [-0.1, -0.05) is 35.0 Å². The van der Waals surface area contributed by atoms with Crippen molar-refractivity contribution in [3.8, 4) is 16.9 Å². The summed E-state index contributed by atoms with van der Waals surface area (Å²) in [5.41, 5.74) is 1.10. The maximum atomic E-state index is 12.9. The van der Waals surface area contributed by atoms with Crippen molar-refractivity contribution in [1.82, 2.24) is 15.0 Å². The fourth-order valence-corrected chi connectivity index (χ4v) is 2.69. The molecule has 1 heterocycles. The quantitative estimate of drug-likeness (QED) is 0.581. The predicted octanol–water partition coefficient (Wildman–Crippen LogP) is 5.35. The molecule has 8 heteroatoms. The molecular weight excluding hydrogens is 362 g/mol. The lowest BCUT2D eigenvalue weighted by Crippen LogP contribution is -2.07. The molecule has 0 saturated heterocycles. The van der Waals surface area contributed by atoms with Crippen LogP contribution in [0.15, 0.2) is 48.5 Å². The largest absolute Gasteiger partial charge is 0.416 e. The molecule has 0 fully saturated rings. The first kappa shape index (κ1) is 16.8. The molecule has 0 unspecified atom stereocenters. The van der Waals surface area contributed by atoms with E-state index in [1.807, 2.05) is 0 Å². The summed E-state index contributed by atoms with van der Waals surface area (Å²) in [5, 5.41) is 8.41. The number of benzene rings is 2. The Kier molecular flexibility index (Phi) is 4.51. The Morgan fingerprint density at radius 1 is 1.04 bits per heavy atom. The van der Waals surface area contributed by atoms with Gasteiger partial charge in [0.05, 0.1) is 22.8 Å². The van der Waals surface area contributed by atoms with Gasteiger partial charge in [-0.2, -0.15) is 13.2 Å². The van der Waals surface area contributed by atoms with Crippen LogP contribution in [0.1, 0.15) is 11.3 Å². The number of hydrogen-bond donors (Lipinski definition) is 0. The van der Waals surface area contributed by atoms with Crippen LogP contribution in [0.25, 0.3) is 16.9 Å². The number of alkyl halides is 4. The Hall–Kier alpha value is -2.05. The van der Waals surface area contributed by atoms with Gasteiger partial charge in [0, 0.05) is 10.6 Å². The summed E-state index contributed by atoms with van der Waals surface area (Å²) in [7, 11) is 0. The second-order valence-electron chi connectivity index (χ2n) is 4.99. The third-order valence-electron chi connectivity index (χ3n) is 3.38. The molecule has 24 heavy (non-hydrogen) atoms. The molecular formula is C16H10Cl2F3N3. The first-order valence-electron chi connectivity index (χ1n) is 6.84. The maximum Gasteiger partial charge on any atom is 0.416 e. The van der Waals surface area contributed by atoms with Crippen LogP contribution in [-0.2, 0) is 12.1 Å². The number of nitrogens with zero attached hydrogens (tertiary/aromatic N) is 3. The zero-order valence-corrected chi connectivity index (χ0v) is 13.6. The minimum absolute atomic E-state index is 0.0702. The van der Waals surface area contributed by atoms with Gasteiger partial charge in [0.1, 0.15) is 5.69 Å². The molecule has 0 atom stereocenters. The lowest BCUT2D eigenvalue weighted by Gasteiger charge is -2.11. The van der Waals surface area contributed by atoms with Crippen LogP contribution in [0.2, 0.25) is 5.02 Å². The molecule has 2 aromatic carbocycles. The second kappa shape index (κ2) is 6.45. The van der Waals surface area contributed by atoms with Crippen molar-refractivity contribution in [2.45, 2.75) is 12.1 Å². The summed E-state index contributed by atoms with van der Waals surface area (Å²) in [5.74, 6) is 0.0702. The van der Waals surface area contributed by atoms with Crippen LogP contribution in [0.3, 0.4) is 0 Å². The highest BCUT2D eigenvalue weighted by Gasteiger charge is 2.31. The Labute approximate surface area is 145 Å². The van der Waals surface area contributed by atoms with Crippen molar-refractivity contribution < 1.29 is 13.2 Å². The number of halogens is 5. The van der Waals surface area contributed by atoms with E-state index >= 15 is 0 Å². The van der Waals surface area contributed by atoms with Crippen LogP contribution >= 0.6 is 23.2 Å². The topological polar surface area (TPSA) is 30.7 Å². The molecule has 0 radical (unpaired) electrons. The normalized spacial score (nSPS) is 11.7. The fraction of sp³-hybridized carbons (Fsp3) is 0.125. The van der Waals surface area contributed by atoms with Gasteiger partial charge in [-0.3, -0.25) is 0 Å². The minimum Gasteiger partial charge on any atom is -0.213 e. The summed E-state index contributed by atoms with van der Waals surface area (Å²) in [6.45, 7) is 0. The van der Waals surface area contributed by atoms with Gasteiger partial charge in [0.2, 0.25) is 0 Å². The molecule has 0 bridgehead atoms. The van der Waals surface area contributed by atoms with E-state index < -0.39 is 11.7 Å². The van der Waals surface area contributed by atoms with Gasteiger partial charge in [-0.25, -0.2) is 4.68 Å². The van der Waals surface area contributed by atoms with Crippen LogP contribution in [0.4, 0.5) is 13.2 Å². The summed E-state index contributed by atoms with van der Waals surface area (Å²) in [6, 6.07) is 11.7. The van der Waals surface area contributed by atoms with Crippen LogP contribution < -0.4 is 0 Å².